The van der Waals surface area contributed by atoms with Crippen molar-refractivity contribution in [1.29, 1.82) is 0 Å². The van der Waals surface area contributed by atoms with Crippen LogP contribution in [0.3, 0.4) is 0 Å². The third-order valence-electron chi connectivity index (χ3n) is 5.91. The zero-order valence-corrected chi connectivity index (χ0v) is 18.1. The molecule has 2 heterocycles. The van der Waals surface area contributed by atoms with E-state index < -0.39 is 0 Å². The van der Waals surface area contributed by atoms with E-state index in [4.69, 9.17) is 9.15 Å². The predicted molar refractivity (Wildman–Crippen MR) is 116 cm³/mol. The smallest absolute Gasteiger partial charge is 0.235 e. The molecule has 1 fully saturated rings. The lowest BCUT2D eigenvalue weighted by atomic mass is 10.1. The number of aryl methyl sites for hydroxylation is 3. The predicted octanol–water partition coefficient (Wildman–Crippen LogP) is 1.13. The highest BCUT2D eigenvalue weighted by atomic mass is 16.5. The Hall–Kier alpha value is -2.83. The molecule has 3 N–H and O–H groups in total. The number of phenolic OH excluding ortho intramolecular Hbond substituents is 1. The van der Waals surface area contributed by atoms with Gasteiger partial charge in [0.2, 0.25) is 11.2 Å². The van der Waals surface area contributed by atoms with Crippen LogP contribution in [0, 0.1) is 20.8 Å². The maximum Gasteiger partial charge on any atom is 0.235 e. The molecule has 2 aromatic carbocycles. The van der Waals surface area contributed by atoms with Crippen LogP contribution in [0.5, 0.6) is 17.2 Å². The van der Waals surface area contributed by atoms with Crippen molar-refractivity contribution in [1.82, 2.24) is 0 Å². The van der Waals surface area contributed by atoms with Crippen molar-refractivity contribution in [2.45, 2.75) is 27.3 Å². The number of phenols is 1. The van der Waals surface area contributed by atoms with Crippen molar-refractivity contribution in [3.8, 4) is 17.2 Å². The van der Waals surface area contributed by atoms with Crippen LogP contribution >= 0.6 is 0 Å². The molecule has 1 aromatic heterocycles. The molecule has 6 heteroatoms. The second kappa shape index (κ2) is 8.13. The fraction of sp³-hybridized carbons (Fsp3) is 0.375. The lowest BCUT2D eigenvalue weighted by Crippen LogP contribution is -3.26. The van der Waals surface area contributed by atoms with E-state index in [0.29, 0.717) is 34.6 Å². The summed E-state index contributed by atoms with van der Waals surface area (Å²) < 4.78 is 12.0. The van der Waals surface area contributed by atoms with Crippen molar-refractivity contribution >= 4 is 11.0 Å². The molecule has 0 radical (unpaired) electrons. The van der Waals surface area contributed by atoms with Gasteiger partial charge in [0.15, 0.2) is 5.58 Å². The van der Waals surface area contributed by atoms with E-state index in [0.717, 1.165) is 37.3 Å². The van der Waals surface area contributed by atoms with E-state index in [1.807, 2.05) is 26.0 Å². The Balaban J connectivity index is 1.74. The average Bonchev–Trinajstić information content (AvgIpc) is 2.68. The summed E-state index contributed by atoms with van der Waals surface area (Å²) in [7, 11) is 2.20. The van der Waals surface area contributed by atoms with Gasteiger partial charge in [0.1, 0.15) is 50.0 Å². The Morgan fingerprint density at radius 2 is 1.70 bits per heavy atom. The minimum atomic E-state index is -0.216. The summed E-state index contributed by atoms with van der Waals surface area (Å²) >= 11 is 0. The van der Waals surface area contributed by atoms with Gasteiger partial charge in [0.25, 0.3) is 0 Å². The summed E-state index contributed by atoms with van der Waals surface area (Å²) in [6.45, 7) is 10.6. The number of aromatic hydroxyl groups is 1. The minimum absolute atomic E-state index is 0.173. The summed E-state index contributed by atoms with van der Waals surface area (Å²) in [6, 6.07) is 9.07. The second-order valence-corrected chi connectivity index (χ2v) is 8.57. The first-order chi connectivity index (χ1) is 14.3. The molecule has 3 aromatic rings. The highest BCUT2D eigenvalue weighted by Crippen LogP contribution is 2.31. The zero-order chi connectivity index (χ0) is 21.4. The molecule has 0 spiro atoms. The molecule has 0 unspecified atom stereocenters. The molecule has 158 valence electrons. The van der Waals surface area contributed by atoms with Gasteiger partial charge in [-0.15, -0.1) is 0 Å². The highest BCUT2D eigenvalue weighted by molar-refractivity contribution is 5.83. The second-order valence-electron chi connectivity index (χ2n) is 8.57. The van der Waals surface area contributed by atoms with Crippen LogP contribution in [0.15, 0.2) is 39.5 Å². The molecule has 1 saturated heterocycles. The van der Waals surface area contributed by atoms with Crippen molar-refractivity contribution in [2.24, 2.45) is 0 Å². The Morgan fingerprint density at radius 1 is 1.03 bits per heavy atom. The first kappa shape index (κ1) is 20.4. The molecule has 0 saturated carbocycles. The van der Waals surface area contributed by atoms with E-state index in [1.54, 1.807) is 19.1 Å². The summed E-state index contributed by atoms with van der Waals surface area (Å²) in [5.74, 6) is 1.40. The quantitative estimate of drug-likeness (QED) is 0.603. The lowest BCUT2D eigenvalue weighted by molar-refractivity contribution is -1.01. The summed E-state index contributed by atoms with van der Waals surface area (Å²) in [5, 5.41) is 11.0. The van der Waals surface area contributed by atoms with Gasteiger partial charge < -0.3 is 24.1 Å². The van der Waals surface area contributed by atoms with Crippen molar-refractivity contribution in [3.05, 3.63) is 63.0 Å². The number of nitrogens with one attached hydrogen (secondary N) is 2. The Morgan fingerprint density at radius 3 is 2.37 bits per heavy atom. The normalized spacial score (nSPS) is 19.2. The van der Waals surface area contributed by atoms with Crippen LogP contribution in [-0.2, 0) is 6.54 Å². The number of quaternary nitrogens is 2. The van der Waals surface area contributed by atoms with Gasteiger partial charge >= 0.3 is 0 Å². The zero-order valence-electron chi connectivity index (χ0n) is 18.1. The van der Waals surface area contributed by atoms with Crippen molar-refractivity contribution in [2.75, 3.05) is 33.2 Å². The van der Waals surface area contributed by atoms with E-state index in [9.17, 15) is 9.90 Å². The Bertz CT molecular complexity index is 1120. The number of piperazine rings is 1. The number of rotatable bonds is 4. The van der Waals surface area contributed by atoms with Gasteiger partial charge in [-0.1, -0.05) is 6.07 Å². The van der Waals surface area contributed by atoms with E-state index >= 15 is 0 Å². The first-order valence-electron chi connectivity index (χ1n) is 10.5. The Kier molecular flexibility index (Phi) is 5.54. The van der Waals surface area contributed by atoms with Gasteiger partial charge in [0, 0.05) is 0 Å². The van der Waals surface area contributed by atoms with Gasteiger partial charge in [-0.3, -0.25) is 4.79 Å². The lowest BCUT2D eigenvalue weighted by Gasteiger charge is -2.27. The minimum Gasteiger partial charge on any atom is -0.507 e. The third-order valence-corrected chi connectivity index (χ3v) is 5.91. The maximum absolute atomic E-state index is 13.2. The van der Waals surface area contributed by atoms with Crippen LogP contribution in [0.2, 0.25) is 0 Å². The van der Waals surface area contributed by atoms with Crippen molar-refractivity contribution in [3.63, 3.8) is 0 Å². The largest absolute Gasteiger partial charge is 0.507 e. The molecule has 0 bridgehead atoms. The number of benzene rings is 2. The van der Waals surface area contributed by atoms with E-state index in [2.05, 4.69) is 13.1 Å². The Labute approximate surface area is 176 Å². The highest BCUT2D eigenvalue weighted by Gasteiger charge is 2.25. The van der Waals surface area contributed by atoms with Crippen LogP contribution in [0.1, 0.15) is 22.5 Å². The molecule has 30 heavy (non-hydrogen) atoms. The first-order valence-corrected chi connectivity index (χ1v) is 10.5. The fourth-order valence-corrected chi connectivity index (χ4v) is 4.25. The third kappa shape index (κ3) is 4.06. The number of fused-ring (bicyclic) bond motifs is 1. The van der Waals surface area contributed by atoms with Crippen LogP contribution in [0.25, 0.3) is 11.0 Å². The van der Waals surface area contributed by atoms with Crippen molar-refractivity contribution < 1.29 is 24.1 Å². The van der Waals surface area contributed by atoms with Gasteiger partial charge in [0.05, 0.1) is 18.0 Å². The number of ether oxygens (including phenoxy) is 1. The molecular formula is C24H30N2O4+2. The molecule has 1 aliphatic heterocycles. The summed E-state index contributed by atoms with van der Waals surface area (Å²) in [5.41, 5.74) is 3.07. The summed E-state index contributed by atoms with van der Waals surface area (Å²) in [6.07, 6.45) is 0. The average molecular weight is 411 g/mol. The number of likely N-dealkylation sites (N-methyl/N-ethyl adjacent to an activating group) is 1. The number of hydrogen-bond acceptors (Lipinski definition) is 4. The molecular weight excluding hydrogens is 380 g/mol. The molecule has 0 aliphatic carbocycles. The summed E-state index contributed by atoms with van der Waals surface area (Å²) in [4.78, 5) is 16.2. The van der Waals surface area contributed by atoms with E-state index in [1.165, 1.54) is 9.80 Å². The maximum atomic E-state index is 13.2. The molecule has 0 amide bonds. The molecule has 6 nitrogen and oxygen atoms in total. The topological polar surface area (TPSA) is 68.6 Å². The van der Waals surface area contributed by atoms with Gasteiger partial charge in [-0.05, 0) is 56.2 Å². The van der Waals surface area contributed by atoms with Crippen LogP contribution in [0.4, 0.5) is 0 Å². The number of hydrogen-bond donors (Lipinski definition) is 3. The molecule has 4 rings (SSSR count). The standard InChI is InChI=1S/C24H28N2O4/c1-15-11-16(2)13-18(12-15)30-23-17(3)29-24-19(22(23)28)5-6-21(27)20(24)14-26-9-7-25(4)8-10-26/h5-6,11-13,27H,7-10,14H2,1-4H3/p+2. The SMILES string of the molecule is Cc1cc(C)cc(Oc2c(C)oc3c(C[NH+]4CC[NH+](C)CC4)c(O)ccc3c2=O)c1. The molecule has 0 atom stereocenters. The monoisotopic (exact) mass is 410 g/mol. The van der Waals surface area contributed by atoms with E-state index in [-0.39, 0.29) is 16.9 Å². The fourth-order valence-electron chi connectivity index (χ4n) is 4.25. The van der Waals surface area contributed by atoms with Gasteiger partial charge in [-0.2, -0.15) is 0 Å². The molecule has 1 aliphatic rings. The van der Waals surface area contributed by atoms with Gasteiger partial charge in [-0.25, -0.2) is 0 Å². The van der Waals surface area contributed by atoms with Crippen LogP contribution < -0.4 is 20.0 Å². The van der Waals surface area contributed by atoms with Crippen LogP contribution in [-0.4, -0.2) is 38.3 Å².